The van der Waals surface area contributed by atoms with Crippen LogP contribution in [0.15, 0.2) is 28.9 Å². The number of hydrogen-bond acceptors (Lipinski definition) is 4. The summed E-state index contributed by atoms with van der Waals surface area (Å²) in [5.41, 5.74) is 0.250. The summed E-state index contributed by atoms with van der Waals surface area (Å²) >= 11 is 0. The van der Waals surface area contributed by atoms with Crippen LogP contribution in [0.2, 0.25) is 0 Å². The molecule has 1 aromatic heterocycles. The van der Waals surface area contributed by atoms with E-state index in [9.17, 15) is 14.3 Å². The number of halogens is 1. The fraction of sp³-hybridized carbons (Fsp3) is 0.250. The highest BCUT2D eigenvalue weighted by molar-refractivity contribution is 5.82. The molecule has 2 aromatic rings. The molecular weight excluding hydrogens is 227 g/mol. The fourth-order valence-electron chi connectivity index (χ4n) is 1.58. The molecule has 0 bridgehead atoms. The SMILES string of the molecule is CCOC(=O)C(O)c1ccc2occc2c1F. The molecule has 1 atom stereocenters. The molecule has 90 valence electrons. The van der Waals surface area contributed by atoms with E-state index in [1.165, 1.54) is 24.5 Å². The van der Waals surface area contributed by atoms with Crippen molar-refractivity contribution >= 4 is 16.9 Å². The van der Waals surface area contributed by atoms with Crippen molar-refractivity contribution in [2.24, 2.45) is 0 Å². The Morgan fingerprint density at radius 2 is 2.29 bits per heavy atom. The quantitative estimate of drug-likeness (QED) is 0.832. The van der Waals surface area contributed by atoms with E-state index in [1.807, 2.05) is 0 Å². The van der Waals surface area contributed by atoms with Gasteiger partial charge in [-0.15, -0.1) is 0 Å². The van der Waals surface area contributed by atoms with Crippen molar-refractivity contribution < 1.29 is 23.4 Å². The largest absolute Gasteiger partial charge is 0.464 e. The van der Waals surface area contributed by atoms with Gasteiger partial charge in [0.2, 0.25) is 0 Å². The van der Waals surface area contributed by atoms with Crippen LogP contribution in [0.5, 0.6) is 0 Å². The molecule has 0 aliphatic rings. The summed E-state index contributed by atoms with van der Waals surface area (Å²) in [6, 6.07) is 4.24. The number of esters is 1. The predicted molar refractivity (Wildman–Crippen MR) is 57.8 cm³/mol. The monoisotopic (exact) mass is 238 g/mol. The van der Waals surface area contributed by atoms with Crippen molar-refractivity contribution in [3.05, 3.63) is 35.8 Å². The van der Waals surface area contributed by atoms with Crippen LogP contribution in [0, 0.1) is 5.82 Å². The lowest BCUT2D eigenvalue weighted by Gasteiger charge is -2.10. The average molecular weight is 238 g/mol. The van der Waals surface area contributed by atoms with Crippen molar-refractivity contribution in [3.63, 3.8) is 0 Å². The van der Waals surface area contributed by atoms with Gasteiger partial charge in [-0.1, -0.05) is 0 Å². The Labute approximate surface area is 96.6 Å². The van der Waals surface area contributed by atoms with E-state index < -0.39 is 17.9 Å². The van der Waals surface area contributed by atoms with Gasteiger partial charge in [0, 0.05) is 5.56 Å². The molecule has 0 amide bonds. The van der Waals surface area contributed by atoms with E-state index in [2.05, 4.69) is 4.74 Å². The van der Waals surface area contributed by atoms with Gasteiger partial charge in [-0.3, -0.25) is 0 Å². The van der Waals surface area contributed by atoms with Gasteiger partial charge < -0.3 is 14.3 Å². The van der Waals surface area contributed by atoms with Crippen LogP contribution < -0.4 is 0 Å². The maximum atomic E-state index is 13.9. The van der Waals surface area contributed by atoms with Crippen LogP contribution in [0.4, 0.5) is 4.39 Å². The molecule has 0 spiro atoms. The maximum Gasteiger partial charge on any atom is 0.339 e. The number of ether oxygens (including phenoxy) is 1. The van der Waals surface area contributed by atoms with Crippen molar-refractivity contribution in [1.82, 2.24) is 0 Å². The Bertz CT molecular complexity index is 546. The second-order valence-electron chi connectivity index (χ2n) is 3.46. The Hall–Kier alpha value is -1.88. The number of furan rings is 1. The van der Waals surface area contributed by atoms with Crippen molar-refractivity contribution in [2.45, 2.75) is 13.0 Å². The van der Waals surface area contributed by atoms with Crippen molar-refractivity contribution in [1.29, 1.82) is 0 Å². The molecule has 0 radical (unpaired) electrons. The minimum atomic E-state index is -1.62. The van der Waals surface area contributed by atoms with E-state index in [0.717, 1.165) is 0 Å². The summed E-state index contributed by atoms with van der Waals surface area (Å²) < 4.78 is 23.6. The van der Waals surface area contributed by atoms with Crippen LogP contribution in [0.25, 0.3) is 11.0 Å². The van der Waals surface area contributed by atoms with Crippen LogP contribution in [-0.4, -0.2) is 17.7 Å². The Balaban J connectivity index is 2.41. The number of fused-ring (bicyclic) bond motifs is 1. The lowest BCUT2D eigenvalue weighted by molar-refractivity contribution is -0.153. The fourth-order valence-corrected chi connectivity index (χ4v) is 1.58. The highest BCUT2D eigenvalue weighted by Crippen LogP contribution is 2.26. The van der Waals surface area contributed by atoms with Gasteiger partial charge in [0.15, 0.2) is 6.10 Å². The second kappa shape index (κ2) is 4.55. The predicted octanol–water partition coefficient (Wildman–Crippen LogP) is 2.17. The first kappa shape index (κ1) is 11.6. The molecular formula is C12H11FO4. The van der Waals surface area contributed by atoms with Crippen LogP contribution in [-0.2, 0) is 9.53 Å². The maximum absolute atomic E-state index is 13.9. The van der Waals surface area contributed by atoms with Crippen LogP contribution >= 0.6 is 0 Å². The first-order valence-electron chi connectivity index (χ1n) is 5.15. The van der Waals surface area contributed by atoms with Crippen LogP contribution in [0.1, 0.15) is 18.6 Å². The Morgan fingerprint density at radius 1 is 1.53 bits per heavy atom. The lowest BCUT2D eigenvalue weighted by Crippen LogP contribution is -2.16. The van der Waals surface area contributed by atoms with E-state index in [4.69, 9.17) is 4.42 Å². The molecule has 2 rings (SSSR count). The first-order valence-corrected chi connectivity index (χ1v) is 5.15. The van der Waals surface area contributed by atoms with Crippen molar-refractivity contribution in [2.75, 3.05) is 6.61 Å². The normalized spacial score (nSPS) is 12.6. The summed E-state index contributed by atoms with van der Waals surface area (Å²) in [4.78, 5) is 11.3. The highest BCUT2D eigenvalue weighted by atomic mass is 19.1. The summed E-state index contributed by atoms with van der Waals surface area (Å²) in [6.45, 7) is 1.74. The number of aliphatic hydroxyl groups excluding tert-OH is 1. The Morgan fingerprint density at radius 3 is 3.00 bits per heavy atom. The standard InChI is InChI=1S/C12H11FO4/c1-2-16-12(15)11(14)8-3-4-9-7(10(8)13)5-6-17-9/h3-6,11,14H,2H2,1H3. The zero-order valence-electron chi connectivity index (χ0n) is 9.14. The number of aliphatic hydroxyl groups is 1. The molecule has 1 unspecified atom stereocenters. The number of carbonyl (C=O) groups is 1. The molecule has 5 heteroatoms. The molecule has 0 saturated heterocycles. The van der Waals surface area contributed by atoms with E-state index in [-0.39, 0.29) is 17.6 Å². The summed E-state index contributed by atoms with van der Waals surface area (Å²) in [6.07, 6.45) is -0.275. The van der Waals surface area contributed by atoms with E-state index >= 15 is 0 Å². The third-order valence-corrected chi connectivity index (χ3v) is 2.40. The lowest BCUT2D eigenvalue weighted by atomic mass is 10.1. The Kier molecular flexibility index (Phi) is 3.10. The summed E-state index contributed by atoms with van der Waals surface area (Å²) in [5, 5.41) is 9.88. The molecule has 0 fully saturated rings. The molecule has 17 heavy (non-hydrogen) atoms. The number of hydrogen-bond donors (Lipinski definition) is 1. The molecule has 0 aliphatic heterocycles. The summed E-state index contributed by atoms with van der Waals surface area (Å²) in [7, 11) is 0. The third kappa shape index (κ3) is 2.01. The van der Waals surface area contributed by atoms with Gasteiger partial charge in [-0.2, -0.15) is 0 Å². The molecule has 1 aromatic carbocycles. The zero-order valence-corrected chi connectivity index (χ0v) is 9.14. The van der Waals surface area contributed by atoms with E-state index in [1.54, 1.807) is 6.92 Å². The van der Waals surface area contributed by atoms with Crippen LogP contribution in [0.3, 0.4) is 0 Å². The minimum absolute atomic E-state index is 0.114. The topological polar surface area (TPSA) is 59.7 Å². The van der Waals surface area contributed by atoms with Crippen molar-refractivity contribution in [3.8, 4) is 0 Å². The van der Waals surface area contributed by atoms with E-state index in [0.29, 0.717) is 5.58 Å². The first-order chi connectivity index (χ1) is 8.15. The molecule has 4 nitrogen and oxygen atoms in total. The van der Waals surface area contributed by atoms with Gasteiger partial charge in [0.05, 0.1) is 18.3 Å². The smallest absolute Gasteiger partial charge is 0.339 e. The number of carbonyl (C=O) groups excluding carboxylic acids is 1. The number of benzene rings is 1. The molecule has 0 saturated carbocycles. The highest BCUT2D eigenvalue weighted by Gasteiger charge is 2.23. The van der Waals surface area contributed by atoms with Gasteiger partial charge in [-0.05, 0) is 25.1 Å². The van der Waals surface area contributed by atoms with Gasteiger partial charge in [0.25, 0.3) is 0 Å². The average Bonchev–Trinajstić information content (AvgIpc) is 2.78. The van der Waals surface area contributed by atoms with Gasteiger partial charge >= 0.3 is 5.97 Å². The molecule has 1 heterocycles. The molecule has 0 aliphatic carbocycles. The van der Waals surface area contributed by atoms with Gasteiger partial charge in [0.1, 0.15) is 11.4 Å². The second-order valence-corrected chi connectivity index (χ2v) is 3.46. The number of rotatable bonds is 3. The van der Waals surface area contributed by atoms with Gasteiger partial charge in [-0.25, -0.2) is 9.18 Å². The zero-order chi connectivity index (χ0) is 12.4. The third-order valence-electron chi connectivity index (χ3n) is 2.40. The minimum Gasteiger partial charge on any atom is -0.464 e. The summed E-state index contributed by atoms with van der Waals surface area (Å²) in [5.74, 6) is -1.54. The molecule has 1 N–H and O–H groups in total.